The topological polar surface area (TPSA) is 42.2 Å². The van der Waals surface area contributed by atoms with E-state index in [0.29, 0.717) is 11.5 Å². The standard InChI is InChI=1S/C11H11NO2.ClH/c1-13-10-6-5-9(4-3-7-12)8-11(10)14-2;/h3-6,8H,1-2H3;1H. The van der Waals surface area contributed by atoms with E-state index < -0.39 is 0 Å². The molecule has 0 saturated heterocycles. The molecule has 0 saturated carbocycles. The number of halogens is 1. The van der Waals surface area contributed by atoms with E-state index in [1.807, 2.05) is 18.2 Å². The van der Waals surface area contributed by atoms with Gasteiger partial charge in [-0.05, 0) is 23.8 Å². The van der Waals surface area contributed by atoms with Gasteiger partial charge in [-0.3, -0.25) is 0 Å². The molecule has 0 spiro atoms. The lowest BCUT2D eigenvalue weighted by atomic mass is 10.2. The van der Waals surface area contributed by atoms with E-state index in [2.05, 4.69) is 0 Å². The van der Waals surface area contributed by atoms with Gasteiger partial charge in [0.2, 0.25) is 0 Å². The number of nitrogens with zero attached hydrogens (tertiary/aromatic N) is 1. The molecule has 0 amide bonds. The average Bonchev–Trinajstić information content (AvgIpc) is 2.25. The molecule has 0 aromatic heterocycles. The highest BCUT2D eigenvalue weighted by Gasteiger charge is 2.01. The second-order valence-corrected chi connectivity index (χ2v) is 2.58. The lowest BCUT2D eigenvalue weighted by Gasteiger charge is -2.07. The van der Waals surface area contributed by atoms with Crippen LogP contribution in [-0.2, 0) is 0 Å². The summed E-state index contributed by atoms with van der Waals surface area (Å²) >= 11 is 0. The van der Waals surface area contributed by atoms with E-state index in [1.165, 1.54) is 6.08 Å². The molecule has 0 radical (unpaired) electrons. The monoisotopic (exact) mass is 225 g/mol. The maximum atomic E-state index is 8.36. The fourth-order valence-corrected chi connectivity index (χ4v) is 1.09. The second kappa shape index (κ2) is 6.74. The highest BCUT2D eigenvalue weighted by atomic mass is 35.5. The Labute approximate surface area is 95.3 Å². The molecule has 80 valence electrons. The number of methoxy groups -OCH3 is 2. The van der Waals surface area contributed by atoms with Crippen LogP contribution in [0.5, 0.6) is 11.5 Å². The van der Waals surface area contributed by atoms with Crippen LogP contribution in [0.4, 0.5) is 0 Å². The molecule has 0 N–H and O–H groups in total. The zero-order valence-electron chi connectivity index (χ0n) is 8.56. The number of rotatable bonds is 3. The summed E-state index contributed by atoms with van der Waals surface area (Å²) in [6.45, 7) is 0. The van der Waals surface area contributed by atoms with Gasteiger partial charge in [0.15, 0.2) is 11.5 Å². The Hall–Kier alpha value is -1.66. The van der Waals surface area contributed by atoms with Gasteiger partial charge >= 0.3 is 0 Å². The largest absolute Gasteiger partial charge is 0.493 e. The predicted molar refractivity (Wildman–Crippen MR) is 61.4 cm³/mol. The predicted octanol–water partition coefficient (Wildman–Crippen LogP) is 2.66. The van der Waals surface area contributed by atoms with Crippen LogP contribution in [0.2, 0.25) is 0 Å². The van der Waals surface area contributed by atoms with Crippen LogP contribution in [0.15, 0.2) is 24.3 Å². The van der Waals surface area contributed by atoms with Crippen molar-refractivity contribution in [1.82, 2.24) is 0 Å². The highest BCUT2D eigenvalue weighted by molar-refractivity contribution is 5.85. The average molecular weight is 226 g/mol. The molecule has 1 rings (SSSR count). The Bertz CT molecular complexity index is 383. The van der Waals surface area contributed by atoms with Crippen LogP contribution < -0.4 is 9.47 Å². The summed E-state index contributed by atoms with van der Waals surface area (Å²) < 4.78 is 10.2. The molecule has 15 heavy (non-hydrogen) atoms. The smallest absolute Gasteiger partial charge is 0.161 e. The molecule has 0 unspecified atom stereocenters. The van der Waals surface area contributed by atoms with E-state index in [4.69, 9.17) is 14.7 Å². The summed E-state index contributed by atoms with van der Waals surface area (Å²) in [4.78, 5) is 0. The highest BCUT2D eigenvalue weighted by Crippen LogP contribution is 2.27. The van der Waals surface area contributed by atoms with Gasteiger partial charge in [-0.15, -0.1) is 12.4 Å². The molecule has 1 aromatic carbocycles. The number of benzene rings is 1. The minimum absolute atomic E-state index is 0. The van der Waals surface area contributed by atoms with Crippen molar-refractivity contribution < 1.29 is 9.47 Å². The fourth-order valence-electron chi connectivity index (χ4n) is 1.09. The maximum absolute atomic E-state index is 8.36. The lowest BCUT2D eigenvalue weighted by molar-refractivity contribution is 0.355. The first-order valence-corrected chi connectivity index (χ1v) is 4.10. The third-order valence-corrected chi connectivity index (χ3v) is 1.76. The molecule has 1 aromatic rings. The van der Waals surface area contributed by atoms with E-state index in [1.54, 1.807) is 26.4 Å². The Morgan fingerprint density at radius 2 is 1.87 bits per heavy atom. The van der Waals surface area contributed by atoms with Crippen molar-refractivity contribution in [2.45, 2.75) is 0 Å². The van der Waals surface area contributed by atoms with Gasteiger partial charge in [-0.25, -0.2) is 0 Å². The molecule has 0 aliphatic rings. The van der Waals surface area contributed by atoms with E-state index in [9.17, 15) is 0 Å². The molecule has 3 nitrogen and oxygen atoms in total. The molecule has 4 heteroatoms. The van der Waals surface area contributed by atoms with Gasteiger partial charge in [-0.1, -0.05) is 6.07 Å². The number of nitriles is 1. The molecular weight excluding hydrogens is 214 g/mol. The van der Waals surface area contributed by atoms with Gasteiger partial charge in [0.25, 0.3) is 0 Å². The Balaban J connectivity index is 0.00000196. The Morgan fingerprint density at radius 3 is 2.40 bits per heavy atom. The first-order valence-electron chi connectivity index (χ1n) is 4.10. The number of hydrogen-bond acceptors (Lipinski definition) is 3. The van der Waals surface area contributed by atoms with Crippen molar-refractivity contribution in [3.63, 3.8) is 0 Å². The summed E-state index contributed by atoms with van der Waals surface area (Å²) in [6, 6.07) is 7.40. The summed E-state index contributed by atoms with van der Waals surface area (Å²) in [7, 11) is 3.16. The van der Waals surface area contributed by atoms with Gasteiger partial charge < -0.3 is 9.47 Å². The van der Waals surface area contributed by atoms with Crippen molar-refractivity contribution in [2.75, 3.05) is 14.2 Å². The first kappa shape index (κ1) is 13.3. The van der Waals surface area contributed by atoms with Crippen molar-refractivity contribution in [3.05, 3.63) is 29.8 Å². The molecule has 0 heterocycles. The fraction of sp³-hybridized carbons (Fsp3) is 0.182. The summed E-state index contributed by atoms with van der Waals surface area (Å²) in [5.74, 6) is 1.34. The number of allylic oxidation sites excluding steroid dienone is 1. The Kier molecular flexibility index (Phi) is 6.00. The van der Waals surface area contributed by atoms with E-state index in [-0.39, 0.29) is 12.4 Å². The van der Waals surface area contributed by atoms with Gasteiger partial charge in [0, 0.05) is 6.08 Å². The van der Waals surface area contributed by atoms with Gasteiger partial charge in [-0.2, -0.15) is 5.26 Å². The van der Waals surface area contributed by atoms with Crippen molar-refractivity contribution in [1.29, 1.82) is 5.26 Å². The van der Waals surface area contributed by atoms with Crippen LogP contribution in [0, 0.1) is 11.3 Å². The summed E-state index contributed by atoms with van der Waals surface area (Å²) in [5, 5.41) is 8.36. The number of hydrogen-bond donors (Lipinski definition) is 0. The minimum atomic E-state index is 0. The summed E-state index contributed by atoms with van der Waals surface area (Å²) in [6.07, 6.45) is 3.13. The van der Waals surface area contributed by atoms with Gasteiger partial charge in [0.05, 0.1) is 20.3 Å². The molecule has 0 fully saturated rings. The van der Waals surface area contributed by atoms with Crippen LogP contribution in [0.1, 0.15) is 5.56 Å². The minimum Gasteiger partial charge on any atom is -0.493 e. The molecule has 0 bridgehead atoms. The third kappa shape index (κ3) is 3.53. The van der Waals surface area contributed by atoms with E-state index in [0.717, 1.165) is 5.56 Å². The molecule has 0 atom stereocenters. The molecule has 0 aliphatic carbocycles. The molecule has 0 aliphatic heterocycles. The van der Waals surface area contributed by atoms with Crippen LogP contribution >= 0.6 is 12.4 Å². The van der Waals surface area contributed by atoms with Crippen LogP contribution in [0.3, 0.4) is 0 Å². The van der Waals surface area contributed by atoms with Crippen molar-refractivity contribution in [2.24, 2.45) is 0 Å². The lowest BCUT2D eigenvalue weighted by Crippen LogP contribution is -1.90. The second-order valence-electron chi connectivity index (χ2n) is 2.58. The third-order valence-electron chi connectivity index (χ3n) is 1.76. The molecular formula is C11H12ClNO2. The van der Waals surface area contributed by atoms with Crippen molar-refractivity contribution >= 4 is 18.5 Å². The van der Waals surface area contributed by atoms with Crippen LogP contribution in [-0.4, -0.2) is 14.2 Å². The normalized spacial score (nSPS) is 9.13. The van der Waals surface area contributed by atoms with Crippen LogP contribution in [0.25, 0.3) is 6.08 Å². The zero-order valence-corrected chi connectivity index (χ0v) is 9.38. The van der Waals surface area contributed by atoms with Gasteiger partial charge in [0.1, 0.15) is 0 Å². The van der Waals surface area contributed by atoms with E-state index >= 15 is 0 Å². The zero-order chi connectivity index (χ0) is 10.4. The first-order chi connectivity index (χ1) is 6.81. The SMILES string of the molecule is COc1ccc(C=CC#N)cc1OC.Cl. The maximum Gasteiger partial charge on any atom is 0.161 e. The van der Waals surface area contributed by atoms with Crippen molar-refractivity contribution in [3.8, 4) is 17.6 Å². The summed E-state index contributed by atoms with van der Waals surface area (Å²) in [5.41, 5.74) is 0.907. The number of ether oxygens (including phenoxy) is 2. The quantitative estimate of drug-likeness (QED) is 0.743. The Morgan fingerprint density at radius 1 is 1.20 bits per heavy atom.